The molecule has 1 aromatic carbocycles. The summed E-state index contributed by atoms with van der Waals surface area (Å²) >= 11 is 3.37. The summed E-state index contributed by atoms with van der Waals surface area (Å²) in [4.78, 5) is 24.5. The van der Waals surface area contributed by atoms with Crippen LogP contribution in [0.2, 0.25) is 0 Å². The number of carboxylic acids is 1. The molecule has 1 saturated heterocycles. The van der Waals surface area contributed by atoms with Gasteiger partial charge in [0.25, 0.3) is 0 Å². The fraction of sp³-hybridized carbons (Fsp3) is 0.429. The van der Waals surface area contributed by atoms with Gasteiger partial charge in [0.1, 0.15) is 0 Å². The molecule has 1 fully saturated rings. The first kappa shape index (κ1) is 15.8. The van der Waals surface area contributed by atoms with Crippen LogP contribution in [-0.2, 0) is 9.53 Å². The SMILES string of the molecule is Cc1cc(Br)ccc1NC(=O)N1CCOC(CC(=O)O)C1. The molecule has 1 atom stereocenters. The highest BCUT2D eigenvalue weighted by atomic mass is 79.9. The molecule has 21 heavy (non-hydrogen) atoms. The van der Waals surface area contributed by atoms with E-state index in [1.807, 2.05) is 25.1 Å². The molecule has 0 aromatic heterocycles. The van der Waals surface area contributed by atoms with Gasteiger partial charge in [0, 0.05) is 23.2 Å². The highest BCUT2D eigenvalue weighted by Gasteiger charge is 2.26. The maximum Gasteiger partial charge on any atom is 0.322 e. The maximum absolute atomic E-state index is 12.2. The Morgan fingerprint density at radius 2 is 2.29 bits per heavy atom. The molecule has 2 N–H and O–H groups in total. The molecule has 0 spiro atoms. The number of morpholine rings is 1. The molecule has 2 rings (SSSR count). The molecule has 0 radical (unpaired) electrons. The van der Waals surface area contributed by atoms with Gasteiger partial charge in [0.05, 0.1) is 19.1 Å². The highest BCUT2D eigenvalue weighted by Crippen LogP contribution is 2.21. The lowest BCUT2D eigenvalue weighted by Crippen LogP contribution is -2.47. The molecule has 7 heteroatoms. The van der Waals surface area contributed by atoms with E-state index in [-0.39, 0.29) is 19.0 Å². The van der Waals surface area contributed by atoms with Gasteiger partial charge in [0.15, 0.2) is 0 Å². The number of carbonyl (C=O) groups excluding carboxylic acids is 1. The summed E-state index contributed by atoms with van der Waals surface area (Å²) in [6.45, 7) is 3.00. The number of nitrogens with one attached hydrogen (secondary N) is 1. The smallest absolute Gasteiger partial charge is 0.322 e. The summed E-state index contributed by atoms with van der Waals surface area (Å²) in [7, 11) is 0. The standard InChI is InChI=1S/C14H17BrN2O4/c1-9-6-10(15)2-3-12(9)16-14(20)17-4-5-21-11(8-17)7-13(18)19/h2-3,6,11H,4-5,7-8H2,1H3,(H,16,20)(H,18,19). The molecule has 1 aromatic rings. The van der Waals surface area contributed by atoms with E-state index in [0.29, 0.717) is 13.2 Å². The van der Waals surface area contributed by atoms with E-state index in [4.69, 9.17) is 9.84 Å². The molecular formula is C14H17BrN2O4. The van der Waals surface area contributed by atoms with Crippen LogP contribution < -0.4 is 5.32 Å². The zero-order valence-electron chi connectivity index (χ0n) is 11.6. The van der Waals surface area contributed by atoms with E-state index >= 15 is 0 Å². The van der Waals surface area contributed by atoms with Gasteiger partial charge in [-0.15, -0.1) is 0 Å². The summed E-state index contributed by atoms with van der Waals surface area (Å²) < 4.78 is 6.30. The minimum atomic E-state index is -0.925. The monoisotopic (exact) mass is 356 g/mol. The number of aryl methyl sites for hydroxylation is 1. The number of halogens is 1. The van der Waals surface area contributed by atoms with Crippen LogP contribution in [0.1, 0.15) is 12.0 Å². The first-order valence-electron chi connectivity index (χ1n) is 6.61. The van der Waals surface area contributed by atoms with Crippen LogP contribution in [-0.4, -0.2) is 47.8 Å². The predicted molar refractivity (Wildman–Crippen MR) is 81.5 cm³/mol. The molecule has 0 bridgehead atoms. The van der Waals surface area contributed by atoms with Gasteiger partial charge in [-0.1, -0.05) is 15.9 Å². The average Bonchev–Trinajstić information content (AvgIpc) is 2.41. The Kier molecular flexibility index (Phi) is 5.19. The van der Waals surface area contributed by atoms with Crippen molar-refractivity contribution in [3.8, 4) is 0 Å². The molecule has 2 amide bonds. The number of rotatable bonds is 3. The number of carboxylic acid groups (broad SMARTS) is 1. The number of benzene rings is 1. The lowest BCUT2D eigenvalue weighted by atomic mass is 10.2. The summed E-state index contributed by atoms with van der Waals surface area (Å²) in [5.74, 6) is -0.925. The van der Waals surface area contributed by atoms with Gasteiger partial charge in [0.2, 0.25) is 0 Å². The van der Waals surface area contributed by atoms with Crippen molar-refractivity contribution < 1.29 is 19.4 Å². The van der Waals surface area contributed by atoms with Crippen molar-refractivity contribution in [3.63, 3.8) is 0 Å². The van der Waals surface area contributed by atoms with Crippen LogP contribution in [0.3, 0.4) is 0 Å². The molecule has 0 saturated carbocycles. The van der Waals surface area contributed by atoms with E-state index < -0.39 is 12.1 Å². The number of amides is 2. The minimum Gasteiger partial charge on any atom is -0.481 e. The van der Waals surface area contributed by atoms with Gasteiger partial charge in [-0.25, -0.2) is 4.79 Å². The van der Waals surface area contributed by atoms with Crippen LogP contribution in [0, 0.1) is 6.92 Å². The lowest BCUT2D eigenvalue weighted by molar-refractivity contribution is -0.141. The molecule has 114 valence electrons. The third-order valence-corrected chi connectivity index (χ3v) is 3.75. The lowest BCUT2D eigenvalue weighted by Gasteiger charge is -2.32. The Morgan fingerprint density at radius 1 is 1.52 bits per heavy atom. The van der Waals surface area contributed by atoms with E-state index in [9.17, 15) is 9.59 Å². The molecular weight excluding hydrogens is 340 g/mol. The zero-order valence-corrected chi connectivity index (χ0v) is 13.2. The van der Waals surface area contributed by atoms with Crippen molar-refractivity contribution in [2.24, 2.45) is 0 Å². The fourth-order valence-corrected chi connectivity index (χ4v) is 2.66. The molecule has 0 aliphatic carbocycles. The van der Waals surface area contributed by atoms with Crippen molar-refractivity contribution >= 4 is 33.6 Å². The average molecular weight is 357 g/mol. The normalized spacial score (nSPS) is 18.4. The number of hydrogen-bond donors (Lipinski definition) is 2. The predicted octanol–water partition coefficient (Wildman–Crippen LogP) is 2.46. The first-order valence-corrected chi connectivity index (χ1v) is 7.40. The Hall–Kier alpha value is -1.60. The Bertz CT molecular complexity index is 550. The number of anilines is 1. The Morgan fingerprint density at radius 3 is 2.95 bits per heavy atom. The fourth-order valence-electron chi connectivity index (χ4n) is 2.18. The second kappa shape index (κ2) is 6.91. The number of nitrogens with zero attached hydrogens (tertiary/aromatic N) is 1. The second-order valence-corrected chi connectivity index (χ2v) is 5.84. The highest BCUT2D eigenvalue weighted by molar-refractivity contribution is 9.10. The van der Waals surface area contributed by atoms with Crippen LogP contribution in [0.5, 0.6) is 0 Å². The van der Waals surface area contributed by atoms with Crippen LogP contribution >= 0.6 is 15.9 Å². The Balaban J connectivity index is 1.97. The van der Waals surface area contributed by atoms with E-state index in [2.05, 4.69) is 21.2 Å². The summed E-state index contributed by atoms with van der Waals surface area (Å²) in [5.41, 5.74) is 1.69. The third-order valence-electron chi connectivity index (χ3n) is 3.26. The Labute approximate surface area is 131 Å². The number of aliphatic carboxylic acids is 1. The quantitative estimate of drug-likeness (QED) is 0.871. The van der Waals surface area contributed by atoms with Crippen molar-refractivity contribution in [1.29, 1.82) is 0 Å². The molecule has 6 nitrogen and oxygen atoms in total. The van der Waals surface area contributed by atoms with Gasteiger partial charge in [-0.05, 0) is 30.7 Å². The minimum absolute atomic E-state index is 0.0961. The number of urea groups is 1. The maximum atomic E-state index is 12.2. The molecule has 1 heterocycles. The number of carbonyl (C=O) groups is 2. The molecule has 1 aliphatic heterocycles. The molecule has 1 unspecified atom stereocenters. The van der Waals surface area contributed by atoms with Crippen LogP contribution in [0.15, 0.2) is 22.7 Å². The van der Waals surface area contributed by atoms with Crippen LogP contribution in [0.4, 0.5) is 10.5 Å². The van der Waals surface area contributed by atoms with Gasteiger partial charge in [-0.2, -0.15) is 0 Å². The van der Waals surface area contributed by atoms with E-state index in [0.717, 1.165) is 15.7 Å². The van der Waals surface area contributed by atoms with E-state index in [1.165, 1.54) is 0 Å². The number of ether oxygens (including phenoxy) is 1. The summed E-state index contributed by atoms with van der Waals surface area (Å²) in [6.07, 6.45) is -0.547. The van der Waals surface area contributed by atoms with Crippen molar-refractivity contribution in [3.05, 3.63) is 28.2 Å². The van der Waals surface area contributed by atoms with Gasteiger partial charge < -0.3 is 20.1 Å². The largest absolute Gasteiger partial charge is 0.481 e. The number of hydrogen-bond acceptors (Lipinski definition) is 3. The van der Waals surface area contributed by atoms with Crippen molar-refractivity contribution in [2.75, 3.05) is 25.0 Å². The van der Waals surface area contributed by atoms with Gasteiger partial charge >= 0.3 is 12.0 Å². The van der Waals surface area contributed by atoms with Crippen molar-refractivity contribution in [2.45, 2.75) is 19.4 Å². The van der Waals surface area contributed by atoms with E-state index in [1.54, 1.807) is 4.90 Å². The topological polar surface area (TPSA) is 78.9 Å². The second-order valence-electron chi connectivity index (χ2n) is 4.93. The van der Waals surface area contributed by atoms with Gasteiger partial charge in [-0.3, -0.25) is 4.79 Å². The molecule has 1 aliphatic rings. The van der Waals surface area contributed by atoms with Crippen molar-refractivity contribution in [1.82, 2.24) is 4.90 Å². The van der Waals surface area contributed by atoms with Crippen LogP contribution in [0.25, 0.3) is 0 Å². The third kappa shape index (κ3) is 4.44. The summed E-state index contributed by atoms with van der Waals surface area (Å²) in [5, 5.41) is 11.6. The first-order chi connectivity index (χ1) is 9.95. The summed E-state index contributed by atoms with van der Waals surface area (Å²) in [6, 6.07) is 5.36. The zero-order chi connectivity index (χ0) is 15.4.